The Hall–Kier alpha value is -4.47. The van der Waals surface area contributed by atoms with Gasteiger partial charge in [0.2, 0.25) is 0 Å². The molecule has 0 spiro atoms. The number of carbonyl (C=O) groups excluding carboxylic acids is 1. The predicted molar refractivity (Wildman–Crippen MR) is 143 cm³/mol. The molecule has 1 amide bonds. The van der Waals surface area contributed by atoms with Crippen molar-refractivity contribution in [1.82, 2.24) is 24.4 Å². The number of benzene rings is 2. The van der Waals surface area contributed by atoms with E-state index < -0.39 is 23.8 Å². The number of halogens is 3. The highest BCUT2D eigenvalue weighted by Crippen LogP contribution is 2.37. The number of amides is 1. The number of nitriles is 1. The van der Waals surface area contributed by atoms with E-state index in [0.717, 1.165) is 6.20 Å². The molecule has 9 nitrogen and oxygen atoms in total. The molecule has 0 unspecified atom stereocenters. The number of alkyl halides is 3. The van der Waals surface area contributed by atoms with Gasteiger partial charge >= 0.3 is 6.18 Å². The molecule has 1 aliphatic heterocycles. The van der Waals surface area contributed by atoms with E-state index in [-0.39, 0.29) is 42.2 Å². The molecule has 0 radical (unpaired) electrons. The van der Waals surface area contributed by atoms with Crippen molar-refractivity contribution in [3.8, 4) is 23.1 Å². The van der Waals surface area contributed by atoms with E-state index in [2.05, 4.69) is 16.2 Å². The molecule has 0 bridgehead atoms. The van der Waals surface area contributed by atoms with E-state index in [4.69, 9.17) is 4.74 Å². The third-order valence-electron chi connectivity index (χ3n) is 7.40. The van der Waals surface area contributed by atoms with Crippen molar-refractivity contribution in [3.05, 3.63) is 82.7 Å². The second kappa shape index (κ2) is 11.2. The minimum atomic E-state index is -4.75. The maximum Gasteiger partial charge on any atom is 0.433 e. The Kier molecular flexibility index (Phi) is 7.66. The summed E-state index contributed by atoms with van der Waals surface area (Å²) in [6, 6.07) is 15.2. The number of rotatable bonds is 6. The Labute approximate surface area is 234 Å². The van der Waals surface area contributed by atoms with Crippen LogP contribution in [0.4, 0.5) is 13.2 Å². The Morgan fingerprint density at radius 2 is 1.80 bits per heavy atom. The second-order valence-corrected chi connectivity index (χ2v) is 9.68. The summed E-state index contributed by atoms with van der Waals surface area (Å²) in [6.45, 7) is 2.45. The van der Waals surface area contributed by atoms with Gasteiger partial charge in [-0.25, -0.2) is 9.50 Å². The number of fused-ring (bicyclic) bond motifs is 1. The second-order valence-electron chi connectivity index (χ2n) is 9.68. The zero-order chi connectivity index (χ0) is 29.3. The summed E-state index contributed by atoms with van der Waals surface area (Å²) in [4.78, 5) is 21.6. The van der Waals surface area contributed by atoms with Crippen LogP contribution in [0.15, 0.2) is 54.7 Å². The van der Waals surface area contributed by atoms with Gasteiger partial charge < -0.3 is 14.7 Å². The molecule has 1 N–H and O–H groups in total. The van der Waals surface area contributed by atoms with Gasteiger partial charge in [0.25, 0.3) is 5.91 Å². The average Bonchev–Trinajstić information content (AvgIpc) is 3.40. The van der Waals surface area contributed by atoms with Crippen LogP contribution in [0.25, 0.3) is 16.9 Å². The summed E-state index contributed by atoms with van der Waals surface area (Å²) in [5.74, 6) is 0.0604. The van der Waals surface area contributed by atoms with Crippen molar-refractivity contribution in [2.75, 3.05) is 39.9 Å². The van der Waals surface area contributed by atoms with Crippen molar-refractivity contribution in [2.24, 2.45) is 0 Å². The summed E-state index contributed by atoms with van der Waals surface area (Å²) in [5.41, 5.74) is 0.365. The number of methoxy groups -OCH3 is 1. The predicted octanol–water partition coefficient (Wildman–Crippen LogP) is 4.10. The first-order chi connectivity index (χ1) is 19.7. The van der Waals surface area contributed by atoms with Gasteiger partial charge in [-0.3, -0.25) is 9.69 Å². The molecule has 0 saturated carbocycles. The summed E-state index contributed by atoms with van der Waals surface area (Å²) < 4.78 is 48.6. The SMILES string of the molecule is COc1ccc(-c2nc3c(C(=O)N4CCN([C@H](CO)c5ccccc5C#N)CC4)cnn3c(C(F)(F)F)c2C)cc1. The standard InChI is InChI=1S/C29H27F3N6O3/c1-18-25(19-7-9-21(41-2)10-8-19)35-27-23(16-34-38(27)26(18)29(30,31)32)28(40)37-13-11-36(12-14-37)24(17-39)22-6-4-3-5-20(22)15-33/h3-10,16,24,39H,11-14,17H2,1-2H3/t24-/m1/s1. The van der Waals surface area contributed by atoms with Gasteiger partial charge in [0.15, 0.2) is 11.3 Å². The maximum absolute atomic E-state index is 14.3. The summed E-state index contributed by atoms with van der Waals surface area (Å²) >= 11 is 0. The van der Waals surface area contributed by atoms with Crippen LogP contribution in [0.5, 0.6) is 5.75 Å². The van der Waals surface area contributed by atoms with E-state index in [1.54, 1.807) is 53.4 Å². The number of nitrogens with zero attached hydrogens (tertiary/aromatic N) is 6. The van der Waals surface area contributed by atoms with Crippen LogP contribution in [0, 0.1) is 18.3 Å². The lowest BCUT2D eigenvalue weighted by molar-refractivity contribution is -0.143. The minimum Gasteiger partial charge on any atom is -0.497 e. The van der Waals surface area contributed by atoms with Crippen molar-refractivity contribution >= 4 is 11.6 Å². The minimum absolute atomic E-state index is 0.0350. The number of hydrogen-bond donors (Lipinski definition) is 1. The zero-order valence-electron chi connectivity index (χ0n) is 22.4. The Morgan fingerprint density at radius 3 is 2.41 bits per heavy atom. The van der Waals surface area contributed by atoms with Crippen molar-refractivity contribution in [3.63, 3.8) is 0 Å². The van der Waals surface area contributed by atoms with Crippen LogP contribution in [0.2, 0.25) is 0 Å². The number of piperazine rings is 1. The van der Waals surface area contributed by atoms with Gasteiger partial charge in [0.1, 0.15) is 11.3 Å². The quantitative estimate of drug-likeness (QED) is 0.376. The zero-order valence-corrected chi connectivity index (χ0v) is 22.4. The highest BCUT2D eigenvalue weighted by Gasteiger charge is 2.39. The normalized spacial score (nSPS) is 15.1. The van der Waals surface area contributed by atoms with Crippen LogP contribution in [-0.4, -0.2) is 75.3 Å². The van der Waals surface area contributed by atoms with Crippen molar-refractivity contribution < 1.29 is 27.8 Å². The lowest BCUT2D eigenvalue weighted by atomic mass is 9.99. The average molecular weight is 565 g/mol. The molecule has 2 aromatic heterocycles. The van der Waals surface area contributed by atoms with E-state index >= 15 is 0 Å². The van der Waals surface area contributed by atoms with E-state index in [1.807, 2.05) is 4.90 Å². The monoisotopic (exact) mass is 564 g/mol. The van der Waals surface area contributed by atoms with Gasteiger partial charge in [-0.15, -0.1) is 0 Å². The molecule has 1 atom stereocenters. The smallest absolute Gasteiger partial charge is 0.433 e. The highest BCUT2D eigenvalue weighted by molar-refractivity contribution is 6.00. The molecule has 212 valence electrons. The number of aromatic nitrogens is 3. The Morgan fingerprint density at radius 1 is 1.12 bits per heavy atom. The molecule has 12 heteroatoms. The molecule has 1 saturated heterocycles. The molecule has 1 aliphatic rings. The molecular formula is C29H27F3N6O3. The lowest BCUT2D eigenvalue weighted by Gasteiger charge is -2.39. The molecule has 2 aromatic carbocycles. The molecule has 41 heavy (non-hydrogen) atoms. The highest BCUT2D eigenvalue weighted by atomic mass is 19.4. The van der Waals surface area contributed by atoms with Crippen LogP contribution >= 0.6 is 0 Å². The third-order valence-corrected chi connectivity index (χ3v) is 7.40. The molecule has 5 rings (SSSR count). The van der Waals surface area contributed by atoms with Crippen LogP contribution < -0.4 is 4.74 Å². The fraction of sp³-hybridized carbons (Fsp3) is 0.310. The van der Waals surface area contributed by atoms with Gasteiger partial charge in [-0.05, 0) is 42.8 Å². The number of aliphatic hydroxyl groups excluding tert-OH is 1. The fourth-order valence-corrected chi connectivity index (χ4v) is 5.29. The Bertz CT molecular complexity index is 1620. The number of hydrogen-bond acceptors (Lipinski definition) is 7. The van der Waals surface area contributed by atoms with Crippen LogP contribution in [0.1, 0.15) is 38.8 Å². The summed E-state index contributed by atoms with van der Waals surface area (Å²) in [5, 5.41) is 23.5. The summed E-state index contributed by atoms with van der Waals surface area (Å²) in [6.07, 6.45) is -3.62. The molecular weight excluding hydrogens is 537 g/mol. The van der Waals surface area contributed by atoms with Gasteiger partial charge in [0, 0.05) is 37.3 Å². The number of carbonyl (C=O) groups is 1. The topological polar surface area (TPSA) is 107 Å². The number of ether oxygens (including phenoxy) is 1. The molecule has 3 heterocycles. The first-order valence-electron chi connectivity index (χ1n) is 12.9. The van der Waals surface area contributed by atoms with E-state index in [9.17, 15) is 28.3 Å². The lowest BCUT2D eigenvalue weighted by Crippen LogP contribution is -2.50. The Balaban J connectivity index is 1.46. The molecule has 1 fully saturated rings. The molecule has 0 aliphatic carbocycles. The molecule has 4 aromatic rings. The van der Waals surface area contributed by atoms with E-state index in [1.165, 1.54) is 14.0 Å². The van der Waals surface area contributed by atoms with Crippen LogP contribution in [0.3, 0.4) is 0 Å². The summed E-state index contributed by atoms with van der Waals surface area (Å²) in [7, 11) is 1.49. The number of aliphatic hydroxyl groups is 1. The first kappa shape index (κ1) is 28.1. The fourth-order valence-electron chi connectivity index (χ4n) is 5.29. The van der Waals surface area contributed by atoms with Crippen molar-refractivity contribution in [2.45, 2.75) is 19.1 Å². The first-order valence-corrected chi connectivity index (χ1v) is 12.9. The van der Waals surface area contributed by atoms with Crippen LogP contribution in [-0.2, 0) is 6.18 Å². The maximum atomic E-state index is 14.3. The third kappa shape index (κ3) is 5.21. The van der Waals surface area contributed by atoms with Gasteiger partial charge in [-0.1, -0.05) is 18.2 Å². The van der Waals surface area contributed by atoms with Gasteiger partial charge in [0.05, 0.1) is 43.3 Å². The largest absolute Gasteiger partial charge is 0.497 e. The van der Waals surface area contributed by atoms with Crippen molar-refractivity contribution in [1.29, 1.82) is 5.26 Å². The van der Waals surface area contributed by atoms with E-state index in [0.29, 0.717) is 40.0 Å². The van der Waals surface area contributed by atoms with Gasteiger partial charge in [-0.2, -0.15) is 23.5 Å².